The van der Waals surface area contributed by atoms with Crippen molar-refractivity contribution >= 4 is 40.3 Å². The minimum absolute atomic E-state index is 0. The van der Waals surface area contributed by atoms with Gasteiger partial charge in [-0.1, -0.05) is 23.7 Å². The van der Waals surface area contributed by atoms with Crippen molar-refractivity contribution in [1.29, 1.82) is 0 Å². The quantitative estimate of drug-likeness (QED) is 0.739. The van der Waals surface area contributed by atoms with Crippen LogP contribution in [0.2, 0.25) is 5.02 Å². The standard InChI is InChI=1S/C17H17ClN4OS.ClH/c18-13-3-1-2-12(8-13)15-10-19-4-5-21(15)11-14-9-16(23)22-6-7-24-17(22)20-14;/h1-3,6-9,15,19H,4-5,10-11H2;1H. The number of hydrogen-bond donors (Lipinski definition) is 1. The lowest BCUT2D eigenvalue weighted by Crippen LogP contribution is -2.45. The van der Waals surface area contributed by atoms with Crippen LogP contribution in [0, 0.1) is 0 Å². The van der Waals surface area contributed by atoms with Gasteiger partial charge in [0.05, 0.1) is 5.69 Å². The number of thiazole rings is 1. The summed E-state index contributed by atoms with van der Waals surface area (Å²) in [6.07, 6.45) is 1.76. The van der Waals surface area contributed by atoms with Gasteiger partial charge in [0, 0.05) is 54.9 Å². The highest BCUT2D eigenvalue weighted by Gasteiger charge is 2.24. The summed E-state index contributed by atoms with van der Waals surface area (Å²) in [5, 5.41) is 6.06. The van der Waals surface area contributed by atoms with Crippen LogP contribution in [0.5, 0.6) is 0 Å². The Balaban J connectivity index is 0.00000182. The molecule has 3 aromatic rings. The molecule has 0 spiro atoms. The fraction of sp³-hybridized carbons (Fsp3) is 0.294. The van der Waals surface area contributed by atoms with Crippen LogP contribution in [0.4, 0.5) is 0 Å². The van der Waals surface area contributed by atoms with Gasteiger partial charge in [-0.3, -0.25) is 14.1 Å². The Hall–Kier alpha value is -1.44. The van der Waals surface area contributed by atoms with Gasteiger partial charge >= 0.3 is 0 Å². The second kappa shape index (κ2) is 7.85. The van der Waals surface area contributed by atoms with E-state index >= 15 is 0 Å². The highest BCUT2D eigenvalue weighted by Crippen LogP contribution is 2.26. The lowest BCUT2D eigenvalue weighted by molar-refractivity contribution is 0.152. The molecule has 1 atom stereocenters. The van der Waals surface area contributed by atoms with E-state index in [9.17, 15) is 4.79 Å². The average Bonchev–Trinajstić information content (AvgIpc) is 3.04. The van der Waals surface area contributed by atoms with E-state index in [1.807, 2.05) is 23.6 Å². The molecule has 1 fully saturated rings. The summed E-state index contributed by atoms with van der Waals surface area (Å²) in [4.78, 5) is 19.9. The normalized spacial score (nSPS) is 18.2. The van der Waals surface area contributed by atoms with Crippen molar-refractivity contribution in [2.75, 3.05) is 19.6 Å². The largest absolute Gasteiger partial charge is 0.314 e. The third-order valence-corrected chi connectivity index (χ3v) is 5.30. The molecular weight excluding hydrogens is 379 g/mol. The van der Waals surface area contributed by atoms with Crippen molar-refractivity contribution in [2.24, 2.45) is 0 Å². The molecule has 2 aromatic heterocycles. The highest BCUT2D eigenvalue weighted by atomic mass is 35.5. The molecule has 0 saturated carbocycles. The van der Waals surface area contributed by atoms with Gasteiger partial charge in [0.2, 0.25) is 0 Å². The zero-order chi connectivity index (χ0) is 16.5. The molecule has 1 saturated heterocycles. The van der Waals surface area contributed by atoms with Crippen LogP contribution in [-0.4, -0.2) is 33.9 Å². The van der Waals surface area contributed by atoms with Crippen LogP contribution in [0.15, 0.2) is 46.7 Å². The first-order chi connectivity index (χ1) is 11.7. The van der Waals surface area contributed by atoms with E-state index in [2.05, 4.69) is 21.3 Å². The zero-order valence-corrected chi connectivity index (χ0v) is 15.8. The van der Waals surface area contributed by atoms with Crippen molar-refractivity contribution in [3.63, 3.8) is 0 Å². The number of halogens is 2. The van der Waals surface area contributed by atoms with E-state index in [1.54, 1.807) is 16.7 Å². The number of fused-ring (bicyclic) bond motifs is 1. The van der Waals surface area contributed by atoms with Crippen LogP contribution in [0.1, 0.15) is 17.3 Å². The van der Waals surface area contributed by atoms with Gasteiger partial charge in [0.1, 0.15) is 0 Å². The monoisotopic (exact) mass is 396 g/mol. The first-order valence-corrected chi connectivity index (χ1v) is 9.12. The van der Waals surface area contributed by atoms with Gasteiger partial charge < -0.3 is 5.32 Å². The van der Waals surface area contributed by atoms with E-state index in [0.29, 0.717) is 6.54 Å². The molecule has 25 heavy (non-hydrogen) atoms. The van der Waals surface area contributed by atoms with Crippen LogP contribution in [-0.2, 0) is 6.54 Å². The second-order valence-corrected chi connectivity index (χ2v) is 7.20. The molecule has 4 rings (SSSR count). The first kappa shape index (κ1) is 18.4. The summed E-state index contributed by atoms with van der Waals surface area (Å²) < 4.78 is 1.58. The lowest BCUT2D eigenvalue weighted by atomic mass is 10.0. The molecule has 0 radical (unpaired) electrons. The lowest BCUT2D eigenvalue weighted by Gasteiger charge is -2.36. The zero-order valence-electron chi connectivity index (χ0n) is 13.4. The summed E-state index contributed by atoms with van der Waals surface area (Å²) in [5.41, 5.74) is 1.98. The van der Waals surface area contributed by atoms with Gasteiger partial charge in [-0.05, 0) is 17.7 Å². The van der Waals surface area contributed by atoms with Crippen LogP contribution < -0.4 is 10.9 Å². The Morgan fingerprint density at radius 2 is 2.24 bits per heavy atom. The van der Waals surface area contributed by atoms with Crippen LogP contribution >= 0.6 is 35.3 Å². The highest BCUT2D eigenvalue weighted by molar-refractivity contribution is 7.15. The molecular formula is C17H18Cl2N4OS. The van der Waals surface area contributed by atoms with E-state index < -0.39 is 0 Å². The minimum Gasteiger partial charge on any atom is -0.314 e. The van der Waals surface area contributed by atoms with Crippen molar-refractivity contribution in [2.45, 2.75) is 12.6 Å². The number of nitrogens with zero attached hydrogens (tertiary/aromatic N) is 3. The van der Waals surface area contributed by atoms with E-state index in [1.165, 1.54) is 16.9 Å². The molecule has 132 valence electrons. The molecule has 0 aliphatic carbocycles. The van der Waals surface area contributed by atoms with Gasteiger partial charge in [-0.25, -0.2) is 4.98 Å². The predicted molar refractivity (Wildman–Crippen MR) is 104 cm³/mol. The van der Waals surface area contributed by atoms with Crippen molar-refractivity contribution in [3.8, 4) is 0 Å². The summed E-state index contributed by atoms with van der Waals surface area (Å²) in [5.74, 6) is 0. The van der Waals surface area contributed by atoms with Gasteiger partial charge in [0.25, 0.3) is 5.56 Å². The van der Waals surface area contributed by atoms with Gasteiger partial charge in [-0.15, -0.1) is 23.7 Å². The Kier molecular flexibility index (Phi) is 5.76. The number of nitrogens with one attached hydrogen (secondary N) is 1. The van der Waals surface area contributed by atoms with Crippen LogP contribution in [0.3, 0.4) is 0 Å². The smallest absolute Gasteiger partial charge is 0.258 e. The van der Waals surface area contributed by atoms with Crippen LogP contribution in [0.25, 0.3) is 4.96 Å². The van der Waals surface area contributed by atoms with E-state index in [0.717, 1.165) is 35.3 Å². The fourth-order valence-electron chi connectivity index (χ4n) is 3.16. The maximum atomic E-state index is 12.2. The third kappa shape index (κ3) is 3.88. The maximum absolute atomic E-state index is 12.2. The summed E-state index contributed by atoms with van der Waals surface area (Å²) in [7, 11) is 0. The SMILES string of the molecule is Cl.O=c1cc(CN2CCNCC2c2cccc(Cl)c2)nc2sccn12. The fourth-order valence-corrected chi connectivity index (χ4v) is 4.09. The topological polar surface area (TPSA) is 49.6 Å². The van der Waals surface area contributed by atoms with E-state index in [-0.39, 0.29) is 24.0 Å². The molecule has 1 N–H and O–H groups in total. The minimum atomic E-state index is -0.0225. The Bertz CT molecular complexity index is 926. The molecule has 8 heteroatoms. The molecule has 1 aromatic carbocycles. The van der Waals surface area contributed by atoms with E-state index in [4.69, 9.17) is 11.6 Å². The summed E-state index contributed by atoms with van der Waals surface area (Å²) in [6, 6.07) is 9.84. The summed E-state index contributed by atoms with van der Waals surface area (Å²) in [6.45, 7) is 3.35. The van der Waals surface area contributed by atoms with Gasteiger partial charge in [-0.2, -0.15) is 0 Å². The number of benzene rings is 1. The number of aromatic nitrogens is 2. The van der Waals surface area contributed by atoms with Crippen molar-refractivity contribution < 1.29 is 0 Å². The Labute approximate surface area is 160 Å². The first-order valence-electron chi connectivity index (χ1n) is 7.87. The Morgan fingerprint density at radius 3 is 3.08 bits per heavy atom. The maximum Gasteiger partial charge on any atom is 0.258 e. The molecule has 1 aliphatic heterocycles. The van der Waals surface area contributed by atoms with Crippen molar-refractivity contribution in [1.82, 2.24) is 19.6 Å². The second-order valence-electron chi connectivity index (χ2n) is 5.89. The van der Waals surface area contributed by atoms with Gasteiger partial charge in [0.15, 0.2) is 4.96 Å². The number of piperazine rings is 1. The predicted octanol–water partition coefficient (Wildman–Crippen LogP) is 2.98. The molecule has 0 bridgehead atoms. The molecule has 3 heterocycles. The summed E-state index contributed by atoms with van der Waals surface area (Å²) >= 11 is 7.63. The molecule has 5 nitrogen and oxygen atoms in total. The third-order valence-electron chi connectivity index (χ3n) is 4.31. The Morgan fingerprint density at radius 1 is 1.36 bits per heavy atom. The molecule has 1 aliphatic rings. The van der Waals surface area contributed by atoms with Crippen molar-refractivity contribution in [3.05, 3.63) is 68.5 Å². The molecule has 1 unspecified atom stereocenters. The number of hydrogen-bond acceptors (Lipinski definition) is 5. The molecule has 0 amide bonds. The average molecular weight is 397 g/mol. The number of rotatable bonds is 3.